The Labute approximate surface area is 113 Å². The van der Waals surface area contributed by atoms with Crippen molar-refractivity contribution in [2.24, 2.45) is 5.41 Å². The molecule has 0 amide bonds. The summed E-state index contributed by atoms with van der Waals surface area (Å²) in [6.07, 6.45) is 9.29. The number of carboxylic acid groups (broad SMARTS) is 1. The Kier molecular flexibility index (Phi) is 4.81. The van der Waals surface area contributed by atoms with E-state index in [0.717, 1.165) is 38.5 Å². The summed E-state index contributed by atoms with van der Waals surface area (Å²) in [5.41, 5.74) is 0.838. The largest absolute Gasteiger partial charge is 0.481 e. The molecule has 0 bridgehead atoms. The van der Waals surface area contributed by atoms with Gasteiger partial charge in [-0.1, -0.05) is 32.1 Å². The summed E-state index contributed by atoms with van der Waals surface area (Å²) in [7, 11) is 0. The lowest BCUT2D eigenvalue weighted by atomic mass is 9.72. The monoisotopic (exact) mass is 266 g/mol. The molecule has 0 radical (unpaired) electrons. The van der Waals surface area contributed by atoms with E-state index in [1.807, 2.05) is 0 Å². The standard InChI is InChI=1S/C15H22O2S/c16-14(17)15(8-4-2-1-3-5-9-15)10-6-13-7-11-18-12-13/h7,11-12H,1-6,8-10H2,(H,16,17). The van der Waals surface area contributed by atoms with Crippen LogP contribution in [-0.4, -0.2) is 11.1 Å². The lowest BCUT2D eigenvalue weighted by molar-refractivity contribution is -0.150. The van der Waals surface area contributed by atoms with Crippen molar-refractivity contribution in [3.05, 3.63) is 22.4 Å². The van der Waals surface area contributed by atoms with Crippen LogP contribution in [0.5, 0.6) is 0 Å². The molecule has 1 aliphatic rings. The molecule has 0 saturated heterocycles. The predicted molar refractivity (Wildman–Crippen MR) is 75.0 cm³/mol. The lowest BCUT2D eigenvalue weighted by Gasteiger charge is -2.31. The minimum Gasteiger partial charge on any atom is -0.481 e. The van der Waals surface area contributed by atoms with Crippen molar-refractivity contribution in [3.63, 3.8) is 0 Å². The average Bonchev–Trinajstić information content (AvgIpc) is 2.80. The Morgan fingerprint density at radius 2 is 1.89 bits per heavy atom. The molecule has 1 aromatic rings. The molecular formula is C15H22O2S. The summed E-state index contributed by atoms with van der Waals surface area (Å²) in [4.78, 5) is 11.7. The van der Waals surface area contributed by atoms with Crippen LogP contribution in [0.3, 0.4) is 0 Å². The molecule has 0 aromatic carbocycles. The minimum absolute atomic E-state index is 0.456. The van der Waals surface area contributed by atoms with Crippen molar-refractivity contribution in [3.8, 4) is 0 Å². The second-order valence-corrected chi connectivity index (χ2v) is 6.26. The van der Waals surface area contributed by atoms with Gasteiger partial charge in [-0.15, -0.1) is 0 Å². The van der Waals surface area contributed by atoms with E-state index in [2.05, 4.69) is 16.8 Å². The number of rotatable bonds is 4. The van der Waals surface area contributed by atoms with Gasteiger partial charge in [-0.05, 0) is 48.1 Å². The van der Waals surface area contributed by atoms with Gasteiger partial charge in [-0.25, -0.2) is 0 Å². The van der Waals surface area contributed by atoms with Crippen LogP contribution >= 0.6 is 11.3 Å². The SMILES string of the molecule is O=C(O)C1(CCc2ccsc2)CCCCCCC1. The molecule has 0 aliphatic heterocycles. The van der Waals surface area contributed by atoms with Gasteiger partial charge in [0, 0.05) is 0 Å². The summed E-state index contributed by atoms with van der Waals surface area (Å²) in [5, 5.41) is 13.8. The van der Waals surface area contributed by atoms with Crippen molar-refractivity contribution in [1.82, 2.24) is 0 Å². The Balaban J connectivity index is 2.02. The topological polar surface area (TPSA) is 37.3 Å². The number of aliphatic carboxylic acids is 1. The van der Waals surface area contributed by atoms with E-state index in [9.17, 15) is 9.90 Å². The van der Waals surface area contributed by atoms with Gasteiger partial charge < -0.3 is 5.11 Å². The van der Waals surface area contributed by atoms with Crippen LogP contribution in [0, 0.1) is 5.41 Å². The van der Waals surface area contributed by atoms with Crippen molar-refractivity contribution < 1.29 is 9.90 Å². The van der Waals surface area contributed by atoms with Crippen LogP contribution in [0.15, 0.2) is 16.8 Å². The zero-order chi connectivity index (χ0) is 12.8. The van der Waals surface area contributed by atoms with Gasteiger partial charge in [0.1, 0.15) is 0 Å². The fourth-order valence-electron chi connectivity index (χ4n) is 2.97. The average molecular weight is 266 g/mol. The van der Waals surface area contributed by atoms with Gasteiger partial charge in [0.15, 0.2) is 0 Å². The molecule has 1 heterocycles. The molecule has 0 spiro atoms. The van der Waals surface area contributed by atoms with Gasteiger partial charge in [-0.2, -0.15) is 11.3 Å². The van der Waals surface area contributed by atoms with Crippen molar-refractivity contribution in [1.29, 1.82) is 0 Å². The van der Waals surface area contributed by atoms with Crippen molar-refractivity contribution >= 4 is 17.3 Å². The smallest absolute Gasteiger partial charge is 0.309 e. The first-order chi connectivity index (χ1) is 8.73. The molecule has 100 valence electrons. The summed E-state index contributed by atoms with van der Waals surface area (Å²) in [6.45, 7) is 0. The Morgan fingerprint density at radius 1 is 1.22 bits per heavy atom. The van der Waals surface area contributed by atoms with E-state index < -0.39 is 11.4 Å². The zero-order valence-electron chi connectivity index (χ0n) is 10.9. The number of thiophene rings is 1. The highest BCUT2D eigenvalue weighted by Crippen LogP contribution is 2.38. The second-order valence-electron chi connectivity index (χ2n) is 5.48. The van der Waals surface area contributed by atoms with E-state index in [1.165, 1.54) is 24.8 Å². The highest BCUT2D eigenvalue weighted by atomic mass is 32.1. The van der Waals surface area contributed by atoms with E-state index in [-0.39, 0.29) is 0 Å². The van der Waals surface area contributed by atoms with Crippen LogP contribution in [0.25, 0.3) is 0 Å². The number of carboxylic acids is 1. The third-order valence-corrected chi connectivity index (χ3v) is 4.97. The highest BCUT2D eigenvalue weighted by Gasteiger charge is 2.37. The number of aryl methyl sites for hydroxylation is 1. The van der Waals surface area contributed by atoms with Gasteiger partial charge in [-0.3, -0.25) is 4.79 Å². The van der Waals surface area contributed by atoms with Crippen LogP contribution in [-0.2, 0) is 11.2 Å². The molecule has 18 heavy (non-hydrogen) atoms. The van der Waals surface area contributed by atoms with Crippen molar-refractivity contribution in [2.75, 3.05) is 0 Å². The van der Waals surface area contributed by atoms with Crippen LogP contribution in [0.2, 0.25) is 0 Å². The normalized spacial score (nSPS) is 20.0. The van der Waals surface area contributed by atoms with E-state index >= 15 is 0 Å². The van der Waals surface area contributed by atoms with Crippen LogP contribution < -0.4 is 0 Å². The van der Waals surface area contributed by atoms with Gasteiger partial charge in [0.2, 0.25) is 0 Å². The quantitative estimate of drug-likeness (QED) is 0.871. The first kappa shape index (κ1) is 13.6. The summed E-state index contributed by atoms with van der Waals surface area (Å²) < 4.78 is 0. The molecule has 0 unspecified atom stereocenters. The van der Waals surface area contributed by atoms with E-state index in [1.54, 1.807) is 11.3 Å². The Morgan fingerprint density at radius 3 is 2.44 bits per heavy atom. The fraction of sp³-hybridized carbons (Fsp3) is 0.667. The molecule has 1 saturated carbocycles. The second kappa shape index (κ2) is 6.37. The third kappa shape index (κ3) is 3.35. The molecule has 1 aliphatic carbocycles. The number of carbonyl (C=O) groups is 1. The zero-order valence-corrected chi connectivity index (χ0v) is 11.7. The third-order valence-electron chi connectivity index (χ3n) is 4.24. The Hall–Kier alpha value is -0.830. The van der Waals surface area contributed by atoms with Crippen LogP contribution in [0.4, 0.5) is 0 Å². The molecular weight excluding hydrogens is 244 g/mol. The first-order valence-corrected chi connectivity index (χ1v) is 7.92. The van der Waals surface area contributed by atoms with Crippen molar-refractivity contribution in [2.45, 2.75) is 57.8 Å². The molecule has 2 rings (SSSR count). The maximum Gasteiger partial charge on any atom is 0.309 e. The predicted octanol–water partition coefficient (Wildman–Crippen LogP) is 4.50. The minimum atomic E-state index is -0.570. The van der Waals surface area contributed by atoms with Gasteiger partial charge in [0.05, 0.1) is 5.41 Å². The number of hydrogen-bond donors (Lipinski definition) is 1. The molecule has 1 N–H and O–H groups in total. The van der Waals surface area contributed by atoms with Crippen LogP contribution in [0.1, 0.15) is 56.9 Å². The Bertz CT molecular complexity index is 362. The van der Waals surface area contributed by atoms with E-state index in [4.69, 9.17) is 0 Å². The fourth-order valence-corrected chi connectivity index (χ4v) is 3.67. The summed E-state index contributed by atoms with van der Waals surface area (Å²) in [6, 6.07) is 2.11. The summed E-state index contributed by atoms with van der Waals surface area (Å²) >= 11 is 1.69. The maximum absolute atomic E-state index is 11.7. The number of hydrogen-bond acceptors (Lipinski definition) is 2. The van der Waals surface area contributed by atoms with E-state index in [0.29, 0.717) is 0 Å². The first-order valence-electron chi connectivity index (χ1n) is 6.97. The van der Waals surface area contributed by atoms with Gasteiger partial charge >= 0.3 is 5.97 Å². The van der Waals surface area contributed by atoms with Gasteiger partial charge in [0.25, 0.3) is 0 Å². The molecule has 1 fully saturated rings. The molecule has 2 nitrogen and oxygen atoms in total. The maximum atomic E-state index is 11.7. The highest BCUT2D eigenvalue weighted by molar-refractivity contribution is 7.07. The molecule has 1 aromatic heterocycles. The molecule has 0 atom stereocenters. The molecule has 3 heteroatoms. The lowest BCUT2D eigenvalue weighted by Crippen LogP contribution is -2.32. The summed E-state index contributed by atoms with van der Waals surface area (Å²) in [5.74, 6) is -0.570.